The van der Waals surface area contributed by atoms with E-state index in [4.69, 9.17) is 9.84 Å². The molecule has 2 aromatic rings. The zero-order valence-corrected chi connectivity index (χ0v) is 13.5. The van der Waals surface area contributed by atoms with E-state index in [1.807, 2.05) is 54.4 Å². The number of fused-ring (bicyclic) bond motifs is 1. The van der Waals surface area contributed by atoms with Gasteiger partial charge in [0, 0.05) is 12.1 Å². The maximum atomic E-state index is 10.2. The molecule has 1 saturated heterocycles. The molecule has 1 fully saturated rings. The molecule has 5 atom stereocenters. The quantitative estimate of drug-likeness (QED) is 0.627. The molecule has 4 N–H and O–H groups in total. The lowest BCUT2D eigenvalue weighted by atomic mass is 10.0. The van der Waals surface area contributed by atoms with Crippen LogP contribution in [0.15, 0.2) is 42.5 Å². The second-order valence-electron chi connectivity index (χ2n) is 6.27. The van der Waals surface area contributed by atoms with E-state index >= 15 is 0 Å². The van der Waals surface area contributed by atoms with Gasteiger partial charge in [-0.05, 0) is 17.8 Å². The smallest absolute Gasteiger partial charge is 0.137 e. The zero-order chi connectivity index (χ0) is 17.3. The van der Waals surface area contributed by atoms with Crippen molar-refractivity contribution in [3.63, 3.8) is 0 Å². The molecular weight excluding hydrogens is 310 g/mol. The molecule has 0 saturated carbocycles. The summed E-state index contributed by atoms with van der Waals surface area (Å²) in [6.07, 6.45) is -5.15. The fraction of sp³-hybridized carbons (Fsp3) is 0.444. The molecular formula is C18H23NO5. The van der Waals surface area contributed by atoms with Gasteiger partial charge < -0.3 is 25.2 Å². The highest BCUT2D eigenvalue weighted by atomic mass is 16.5. The van der Waals surface area contributed by atoms with Crippen LogP contribution in [0.2, 0.25) is 0 Å². The first kappa shape index (κ1) is 17.3. The molecule has 0 aromatic heterocycles. The average Bonchev–Trinajstić information content (AvgIpc) is 3.00. The lowest BCUT2D eigenvalue weighted by Gasteiger charge is -2.25. The van der Waals surface area contributed by atoms with Crippen LogP contribution < -0.4 is 0 Å². The Balaban J connectivity index is 1.83. The summed E-state index contributed by atoms with van der Waals surface area (Å²) >= 11 is 0. The number of rotatable bonds is 5. The summed E-state index contributed by atoms with van der Waals surface area (Å²) in [5.41, 5.74) is 0.988. The summed E-state index contributed by atoms with van der Waals surface area (Å²) in [6, 6.07) is 14.0. The van der Waals surface area contributed by atoms with Crippen molar-refractivity contribution in [2.24, 2.45) is 0 Å². The van der Waals surface area contributed by atoms with E-state index in [2.05, 4.69) is 0 Å². The first-order chi connectivity index (χ1) is 11.5. The monoisotopic (exact) mass is 333 g/mol. The fourth-order valence-corrected chi connectivity index (χ4v) is 3.21. The molecule has 0 unspecified atom stereocenters. The Morgan fingerprint density at radius 1 is 1.12 bits per heavy atom. The second kappa shape index (κ2) is 7.14. The minimum atomic E-state index is -1.46. The summed E-state index contributed by atoms with van der Waals surface area (Å²) in [5.74, 6) is 0. The molecule has 3 rings (SSSR count). The SMILES string of the molecule is CN1C[C@@H]([C@@H](O)[C@H](O)[C@H](O)CO)O[C@@H]1c1cccc2ccccc12. The number of ether oxygens (including phenoxy) is 1. The van der Waals surface area contributed by atoms with E-state index in [9.17, 15) is 15.3 Å². The molecule has 6 heteroatoms. The van der Waals surface area contributed by atoms with Crippen LogP contribution in [0.25, 0.3) is 10.8 Å². The van der Waals surface area contributed by atoms with Crippen LogP contribution in [0.5, 0.6) is 0 Å². The van der Waals surface area contributed by atoms with Crippen molar-refractivity contribution < 1.29 is 25.2 Å². The van der Waals surface area contributed by atoms with E-state index in [1.54, 1.807) is 0 Å². The molecule has 0 aliphatic carbocycles. The van der Waals surface area contributed by atoms with Crippen molar-refractivity contribution in [2.75, 3.05) is 20.2 Å². The Morgan fingerprint density at radius 2 is 1.83 bits per heavy atom. The van der Waals surface area contributed by atoms with Crippen molar-refractivity contribution in [3.05, 3.63) is 48.0 Å². The maximum absolute atomic E-state index is 10.2. The van der Waals surface area contributed by atoms with Gasteiger partial charge in [0.25, 0.3) is 0 Å². The summed E-state index contributed by atoms with van der Waals surface area (Å²) in [4.78, 5) is 1.95. The van der Waals surface area contributed by atoms with Crippen molar-refractivity contribution in [2.45, 2.75) is 30.6 Å². The Morgan fingerprint density at radius 3 is 2.58 bits per heavy atom. The molecule has 0 amide bonds. The highest BCUT2D eigenvalue weighted by molar-refractivity contribution is 5.85. The second-order valence-corrected chi connectivity index (χ2v) is 6.27. The molecule has 1 heterocycles. The topological polar surface area (TPSA) is 93.4 Å². The first-order valence-electron chi connectivity index (χ1n) is 8.01. The van der Waals surface area contributed by atoms with Gasteiger partial charge in [0.1, 0.15) is 30.6 Å². The van der Waals surface area contributed by atoms with Gasteiger partial charge in [0.15, 0.2) is 0 Å². The molecule has 0 bridgehead atoms. The van der Waals surface area contributed by atoms with Gasteiger partial charge in [-0.15, -0.1) is 0 Å². The molecule has 6 nitrogen and oxygen atoms in total. The van der Waals surface area contributed by atoms with Gasteiger partial charge >= 0.3 is 0 Å². The third-order valence-corrected chi connectivity index (χ3v) is 4.57. The lowest BCUT2D eigenvalue weighted by Crippen LogP contribution is -2.47. The Hall–Kier alpha value is -1.54. The first-order valence-corrected chi connectivity index (χ1v) is 8.01. The summed E-state index contributed by atoms with van der Waals surface area (Å²) in [6.45, 7) is -0.211. The number of likely N-dealkylation sites (N-methyl/N-ethyl adjacent to an activating group) is 1. The molecule has 130 valence electrons. The third-order valence-electron chi connectivity index (χ3n) is 4.57. The van der Waals surface area contributed by atoms with Crippen LogP contribution in [-0.4, -0.2) is 69.9 Å². The number of aliphatic hydroxyl groups excluding tert-OH is 4. The standard InChI is InChI=1S/C18H23NO5/c1-19-9-15(17(23)16(22)14(21)10-20)24-18(19)13-8-4-6-11-5-2-3-7-12(11)13/h2-8,14-18,20-23H,9-10H2,1H3/t14-,15+,16-,17-,18-/m1/s1. The van der Waals surface area contributed by atoms with Crippen molar-refractivity contribution >= 4 is 10.8 Å². The van der Waals surface area contributed by atoms with E-state index in [0.29, 0.717) is 6.54 Å². The van der Waals surface area contributed by atoms with Crippen molar-refractivity contribution in [1.82, 2.24) is 4.90 Å². The Labute approximate surface area is 140 Å². The van der Waals surface area contributed by atoms with Crippen LogP contribution in [0, 0.1) is 0 Å². The molecule has 24 heavy (non-hydrogen) atoms. The number of hydrogen-bond acceptors (Lipinski definition) is 6. The van der Waals surface area contributed by atoms with E-state index < -0.39 is 31.0 Å². The lowest BCUT2D eigenvalue weighted by molar-refractivity contribution is -0.127. The summed E-state index contributed by atoms with van der Waals surface area (Å²) in [7, 11) is 1.88. The average molecular weight is 333 g/mol. The largest absolute Gasteiger partial charge is 0.394 e. The van der Waals surface area contributed by atoms with Gasteiger partial charge in [0.05, 0.1) is 6.61 Å². The van der Waals surface area contributed by atoms with Crippen LogP contribution in [0.3, 0.4) is 0 Å². The predicted molar refractivity (Wildman–Crippen MR) is 89.3 cm³/mol. The third kappa shape index (κ3) is 3.17. The fourth-order valence-electron chi connectivity index (χ4n) is 3.21. The van der Waals surface area contributed by atoms with Gasteiger partial charge in [-0.3, -0.25) is 4.90 Å². The van der Waals surface area contributed by atoms with E-state index in [1.165, 1.54) is 0 Å². The normalized spacial score (nSPS) is 25.7. The highest BCUT2D eigenvalue weighted by Gasteiger charge is 2.40. The number of benzene rings is 2. The molecule has 2 aromatic carbocycles. The van der Waals surface area contributed by atoms with E-state index in [0.717, 1.165) is 16.3 Å². The molecule has 1 aliphatic heterocycles. The molecule has 1 aliphatic rings. The van der Waals surface area contributed by atoms with Gasteiger partial charge in [0.2, 0.25) is 0 Å². The number of nitrogens with zero attached hydrogens (tertiary/aromatic N) is 1. The van der Waals surface area contributed by atoms with E-state index in [-0.39, 0.29) is 6.23 Å². The van der Waals surface area contributed by atoms with Crippen LogP contribution >= 0.6 is 0 Å². The van der Waals surface area contributed by atoms with Crippen LogP contribution in [0.1, 0.15) is 11.8 Å². The molecule has 0 spiro atoms. The number of aliphatic hydroxyl groups is 4. The number of hydrogen-bond donors (Lipinski definition) is 4. The molecule has 0 radical (unpaired) electrons. The highest BCUT2D eigenvalue weighted by Crippen LogP contribution is 2.34. The zero-order valence-electron chi connectivity index (χ0n) is 13.5. The summed E-state index contributed by atoms with van der Waals surface area (Å²) in [5, 5.41) is 40.8. The Bertz CT molecular complexity index is 689. The summed E-state index contributed by atoms with van der Waals surface area (Å²) < 4.78 is 5.97. The maximum Gasteiger partial charge on any atom is 0.137 e. The van der Waals surface area contributed by atoms with Crippen molar-refractivity contribution in [3.8, 4) is 0 Å². The predicted octanol–water partition coefficient (Wildman–Crippen LogP) is 0.244. The van der Waals surface area contributed by atoms with Crippen LogP contribution in [0.4, 0.5) is 0 Å². The van der Waals surface area contributed by atoms with Gasteiger partial charge in [-0.1, -0.05) is 42.5 Å². The minimum absolute atomic E-state index is 0.353. The minimum Gasteiger partial charge on any atom is -0.394 e. The van der Waals surface area contributed by atoms with Gasteiger partial charge in [-0.2, -0.15) is 0 Å². The Kier molecular flexibility index (Phi) is 5.15. The van der Waals surface area contributed by atoms with Gasteiger partial charge in [-0.25, -0.2) is 0 Å². The van der Waals surface area contributed by atoms with Crippen molar-refractivity contribution in [1.29, 1.82) is 0 Å². The van der Waals surface area contributed by atoms with Crippen LogP contribution in [-0.2, 0) is 4.74 Å².